The van der Waals surface area contributed by atoms with E-state index in [1.807, 2.05) is 6.07 Å². The first-order valence-corrected chi connectivity index (χ1v) is 6.88. The van der Waals surface area contributed by atoms with Crippen molar-refractivity contribution in [2.45, 2.75) is 26.7 Å². The average molecular weight is 284 g/mol. The third-order valence-corrected chi connectivity index (χ3v) is 3.39. The van der Waals surface area contributed by atoms with Crippen LogP contribution in [0.1, 0.15) is 26.7 Å². The van der Waals surface area contributed by atoms with Crippen LogP contribution in [-0.4, -0.2) is 19.6 Å². The summed E-state index contributed by atoms with van der Waals surface area (Å²) in [5, 5.41) is 3.57. The highest BCUT2D eigenvalue weighted by molar-refractivity contribution is 6.32. The van der Waals surface area contributed by atoms with Gasteiger partial charge in [0.25, 0.3) is 0 Å². The van der Waals surface area contributed by atoms with E-state index in [2.05, 4.69) is 24.2 Å². The van der Waals surface area contributed by atoms with Crippen molar-refractivity contribution in [1.29, 1.82) is 0 Å². The van der Waals surface area contributed by atoms with Gasteiger partial charge in [0.05, 0.1) is 12.1 Å². The number of anilines is 1. The minimum Gasteiger partial charge on any atom is -0.495 e. The van der Waals surface area contributed by atoms with Gasteiger partial charge in [-0.05, 0) is 24.1 Å². The lowest BCUT2D eigenvalue weighted by Gasteiger charge is -2.11. The molecule has 0 aliphatic heterocycles. The van der Waals surface area contributed by atoms with Gasteiger partial charge in [-0.25, -0.2) is 0 Å². The number of aliphatic imine (C=N–C) groups is 1. The zero-order chi connectivity index (χ0) is 14.3. The van der Waals surface area contributed by atoms with Crippen LogP contribution in [0.5, 0.6) is 5.75 Å². The first kappa shape index (κ1) is 15.6. The number of hydrogen-bond donors (Lipinski definition) is 2. The second-order valence-electron chi connectivity index (χ2n) is 4.38. The summed E-state index contributed by atoms with van der Waals surface area (Å²) in [5.74, 6) is 1.63. The molecule has 0 unspecified atom stereocenters. The summed E-state index contributed by atoms with van der Waals surface area (Å²) in [6.45, 7) is 5.07. The minimum absolute atomic E-state index is 0.410. The molecule has 0 radical (unpaired) electrons. The van der Waals surface area contributed by atoms with E-state index in [1.54, 1.807) is 19.2 Å². The number of guanidine groups is 1. The first-order valence-electron chi connectivity index (χ1n) is 6.51. The molecule has 0 atom stereocenters. The van der Waals surface area contributed by atoms with E-state index in [-0.39, 0.29) is 0 Å². The van der Waals surface area contributed by atoms with E-state index in [9.17, 15) is 0 Å². The normalized spacial score (nSPS) is 11.7. The van der Waals surface area contributed by atoms with Gasteiger partial charge in [-0.2, -0.15) is 0 Å². The van der Waals surface area contributed by atoms with Crippen molar-refractivity contribution < 1.29 is 4.74 Å². The van der Waals surface area contributed by atoms with E-state index in [0.717, 1.165) is 25.1 Å². The van der Waals surface area contributed by atoms with E-state index in [4.69, 9.17) is 22.1 Å². The molecule has 1 aromatic carbocycles. The van der Waals surface area contributed by atoms with Gasteiger partial charge in [0.2, 0.25) is 0 Å². The highest BCUT2D eigenvalue weighted by atomic mass is 35.5. The maximum absolute atomic E-state index is 6.04. The van der Waals surface area contributed by atoms with E-state index in [1.165, 1.54) is 0 Å². The molecule has 0 heterocycles. The van der Waals surface area contributed by atoms with Crippen LogP contribution in [0.2, 0.25) is 5.02 Å². The lowest BCUT2D eigenvalue weighted by Crippen LogP contribution is -2.23. The number of ether oxygens (including phenoxy) is 1. The third-order valence-electron chi connectivity index (χ3n) is 3.10. The van der Waals surface area contributed by atoms with Gasteiger partial charge >= 0.3 is 0 Å². The highest BCUT2D eigenvalue weighted by Crippen LogP contribution is 2.27. The fraction of sp³-hybridized carbons (Fsp3) is 0.500. The molecule has 0 spiro atoms. The molecule has 1 aromatic rings. The van der Waals surface area contributed by atoms with E-state index < -0.39 is 0 Å². The summed E-state index contributed by atoms with van der Waals surface area (Å²) < 4.78 is 5.09. The van der Waals surface area contributed by atoms with Crippen molar-refractivity contribution in [3.63, 3.8) is 0 Å². The highest BCUT2D eigenvalue weighted by Gasteiger charge is 2.04. The van der Waals surface area contributed by atoms with Gasteiger partial charge < -0.3 is 15.8 Å². The van der Waals surface area contributed by atoms with Crippen molar-refractivity contribution in [1.82, 2.24) is 0 Å². The van der Waals surface area contributed by atoms with Crippen LogP contribution >= 0.6 is 11.6 Å². The molecule has 5 heteroatoms. The van der Waals surface area contributed by atoms with Crippen molar-refractivity contribution in [2.24, 2.45) is 16.6 Å². The number of hydrogen-bond acceptors (Lipinski definition) is 2. The number of nitrogens with one attached hydrogen (secondary N) is 1. The maximum atomic E-state index is 6.04. The number of methoxy groups -OCH3 is 1. The van der Waals surface area contributed by atoms with Crippen molar-refractivity contribution >= 4 is 23.2 Å². The summed E-state index contributed by atoms with van der Waals surface area (Å²) >= 11 is 6.04. The number of halogens is 1. The molecule has 0 aliphatic rings. The quantitative estimate of drug-likeness (QED) is 0.620. The molecule has 0 bridgehead atoms. The Bertz CT molecular complexity index is 431. The van der Waals surface area contributed by atoms with Crippen LogP contribution in [0, 0.1) is 5.92 Å². The molecule has 1 rings (SSSR count). The van der Waals surface area contributed by atoms with Crippen LogP contribution < -0.4 is 15.8 Å². The van der Waals surface area contributed by atoms with Crippen LogP contribution in [0.15, 0.2) is 23.2 Å². The van der Waals surface area contributed by atoms with Gasteiger partial charge in [-0.15, -0.1) is 0 Å². The van der Waals surface area contributed by atoms with E-state index in [0.29, 0.717) is 22.6 Å². The monoisotopic (exact) mass is 283 g/mol. The lowest BCUT2D eigenvalue weighted by atomic mass is 10.0. The topological polar surface area (TPSA) is 59.6 Å². The molecule has 106 valence electrons. The molecule has 0 aromatic heterocycles. The Morgan fingerprint density at radius 3 is 2.63 bits per heavy atom. The van der Waals surface area contributed by atoms with Gasteiger partial charge in [0.15, 0.2) is 5.96 Å². The maximum Gasteiger partial charge on any atom is 0.193 e. The Labute approximate surface area is 120 Å². The standard InChI is InChI=1S/C14H22ClN3O/c1-4-10(5-2)9-17-14(16)18-11-6-7-13(19-3)12(15)8-11/h6-8,10H,4-5,9H2,1-3H3,(H3,16,17,18). The molecule has 19 heavy (non-hydrogen) atoms. The Hall–Kier alpha value is -1.42. The summed E-state index contributed by atoms with van der Waals surface area (Å²) in [7, 11) is 1.58. The molecule has 3 N–H and O–H groups in total. The molecular weight excluding hydrogens is 262 g/mol. The van der Waals surface area contributed by atoms with Gasteiger partial charge in [-0.3, -0.25) is 4.99 Å². The van der Waals surface area contributed by atoms with Crippen molar-refractivity contribution in [3.05, 3.63) is 23.2 Å². The van der Waals surface area contributed by atoms with Crippen LogP contribution in [0.25, 0.3) is 0 Å². The zero-order valence-electron chi connectivity index (χ0n) is 11.7. The average Bonchev–Trinajstić information content (AvgIpc) is 2.40. The molecule has 0 saturated carbocycles. The number of nitrogens with zero attached hydrogens (tertiary/aromatic N) is 1. The van der Waals surface area contributed by atoms with Crippen LogP contribution in [0.4, 0.5) is 5.69 Å². The predicted molar refractivity (Wildman–Crippen MR) is 82.2 cm³/mol. The van der Waals surface area contributed by atoms with Gasteiger partial charge in [0, 0.05) is 12.2 Å². The lowest BCUT2D eigenvalue weighted by molar-refractivity contribution is 0.415. The van der Waals surface area contributed by atoms with E-state index >= 15 is 0 Å². The zero-order valence-corrected chi connectivity index (χ0v) is 12.5. The summed E-state index contributed by atoms with van der Waals surface area (Å²) in [6.07, 6.45) is 2.23. The second-order valence-corrected chi connectivity index (χ2v) is 4.79. The molecule has 0 fully saturated rings. The second kappa shape index (κ2) is 7.89. The smallest absolute Gasteiger partial charge is 0.193 e. The molecule has 4 nitrogen and oxygen atoms in total. The SMILES string of the molecule is CCC(CC)CN=C(N)Nc1ccc(OC)c(Cl)c1. The Balaban J connectivity index is 2.63. The Kier molecular flexibility index (Phi) is 6.50. The number of rotatable bonds is 6. The summed E-state index contributed by atoms with van der Waals surface area (Å²) in [5.41, 5.74) is 6.65. The first-order chi connectivity index (χ1) is 9.10. The fourth-order valence-corrected chi connectivity index (χ4v) is 1.96. The third kappa shape index (κ3) is 4.99. The largest absolute Gasteiger partial charge is 0.495 e. The fourth-order valence-electron chi connectivity index (χ4n) is 1.71. The molecule has 0 amide bonds. The predicted octanol–water partition coefficient (Wildman–Crippen LogP) is 3.51. The van der Waals surface area contributed by atoms with Crippen molar-refractivity contribution in [2.75, 3.05) is 19.0 Å². The molecule has 0 saturated heterocycles. The summed E-state index contributed by atoms with van der Waals surface area (Å²) in [6, 6.07) is 5.41. The van der Waals surface area contributed by atoms with Crippen LogP contribution in [0.3, 0.4) is 0 Å². The molecule has 0 aliphatic carbocycles. The Morgan fingerprint density at radius 1 is 1.42 bits per heavy atom. The minimum atomic E-state index is 0.410. The number of benzene rings is 1. The van der Waals surface area contributed by atoms with Gasteiger partial charge in [0.1, 0.15) is 5.75 Å². The van der Waals surface area contributed by atoms with Crippen LogP contribution in [-0.2, 0) is 0 Å². The van der Waals surface area contributed by atoms with Gasteiger partial charge in [-0.1, -0.05) is 38.3 Å². The number of nitrogens with two attached hydrogens (primary N) is 1. The van der Waals surface area contributed by atoms with Crippen molar-refractivity contribution in [3.8, 4) is 5.75 Å². The molecular formula is C14H22ClN3O. The Morgan fingerprint density at radius 2 is 2.11 bits per heavy atom. The summed E-state index contributed by atoms with van der Waals surface area (Å²) in [4.78, 5) is 4.34.